The van der Waals surface area contributed by atoms with Gasteiger partial charge in [0.25, 0.3) is 0 Å². The van der Waals surface area contributed by atoms with Gasteiger partial charge in [0.05, 0.1) is 0 Å². The van der Waals surface area contributed by atoms with Crippen LogP contribution >= 0.6 is 0 Å². The molecule has 0 spiro atoms. The summed E-state index contributed by atoms with van der Waals surface area (Å²) in [5.41, 5.74) is -0.654. The second-order valence-corrected chi connectivity index (χ2v) is 6.22. The topological polar surface area (TPSA) is 61.8 Å². The normalized spacial score (nSPS) is 10.4. The van der Waals surface area contributed by atoms with Crippen molar-refractivity contribution in [3.8, 4) is 0 Å². The van der Waals surface area contributed by atoms with Crippen molar-refractivity contribution in [3.63, 3.8) is 0 Å². The molecule has 0 bridgehead atoms. The highest BCUT2D eigenvalue weighted by atomic mass is 16.6. The van der Waals surface area contributed by atoms with Crippen molar-refractivity contribution in [1.82, 2.24) is 0 Å². The zero-order valence-corrected chi connectivity index (χ0v) is 15.5. The predicted molar refractivity (Wildman–Crippen MR) is 85.2 cm³/mol. The number of hydrogen-bond acceptors (Lipinski definition) is 5. The molecule has 21 heavy (non-hydrogen) atoms. The van der Waals surface area contributed by atoms with Crippen molar-refractivity contribution < 1.29 is 23.8 Å². The highest BCUT2D eigenvalue weighted by Crippen LogP contribution is 2.07. The summed E-state index contributed by atoms with van der Waals surface area (Å²) in [6, 6.07) is 0. The molecule has 0 aliphatic rings. The quantitative estimate of drug-likeness (QED) is 0.727. The van der Waals surface area contributed by atoms with Crippen LogP contribution in [-0.2, 0) is 23.8 Å². The third-order valence-corrected chi connectivity index (χ3v) is 1.45. The first-order valence-electron chi connectivity index (χ1n) is 7.19. The number of carbonyl (C=O) groups excluding carboxylic acids is 2. The van der Waals surface area contributed by atoms with Gasteiger partial charge in [0.1, 0.15) is 11.2 Å². The molecule has 0 atom stereocenters. The summed E-state index contributed by atoms with van der Waals surface area (Å²) in [7, 11) is 1.68. The number of ether oxygens (including phenoxy) is 3. The van der Waals surface area contributed by atoms with E-state index < -0.39 is 0 Å². The Kier molecular flexibility index (Phi) is 15.0. The van der Waals surface area contributed by atoms with Crippen LogP contribution in [0.2, 0.25) is 0 Å². The first kappa shape index (κ1) is 24.9. The maximum absolute atomic E-state index is 10.6. The van der Waals surface area contributed by atoms with E-state index in [0.717, 1.165) is 6.61 Å². The van der Waals surface area contributed by atoms with Gasteiger partial charge in [-0.15, -0.1) is 0 Å². The summed E-state index contributed by atoms with van der Waals surface area (Å²) in [4.78, 5) is 20.8. The lowest BCUT2D eigenvalue weighted by molar-refractivity contribution is -0.154. The third-order valence-electron chi connectivity index (χ3n) is 1.45. The van der Waals surface area contributed by atoms with Crippen LogP contribution in [0.25, 0.3) is 0 Å². The SMILES string of the molecule is CC(=O)OC(C)(C)C.CCC(=O)OC(C)(C)C.CCOC. The Morgan fingerprint density at radius 2 is 1.19 bits per heavy atom. The van der Waals surface area contributed by atoms with Crippen molar-refractivity contribution >= 4 is 11.9 Å². The van der Waals surface area contributed by atoms with Gasteiger partial charge in [-0.25, -0.2) is 0 Å². The highest BCUT2D eigenvalue weighted by Gasteiger charge is 2.13. The van der Waals surface area contributed by atoms with Crippen molar-refractivity contribution in [2.45, 2.75) is 79.9 Å². The van der Waals surface area contributed by atoms with Gasteiger partial charge in [0.15, 0.2) is 0 Å². The van der Waals surface area contributed by atoms with E-state index in [2.05, 4.69) is 4.74 Å². The third kappa shape index (κ3) is 38.1. The lowest BCUT2D eigenvalue weighted by Gasteiger charge is -2.18. The predicted octanol–water partition coefficient (Wildman–Crippen LogP) is 3.74. The summed E-state index contributed by atoms with van der Waals surface area (Å²) in [5.74, 6) is -0.361. The van der Waals surface area contributed by atoms with E-state index in [1.165, 1.54) is 6.92 Å². The zero-order chi connectivity index (χ0) is 17.7. The van der Waals surface area contributed by atoms with Gasteiger partial charge in [0.2, 0.25) is 0 Å². The van der Waals surface area contributed by atoms with E-state index in [1.807, 2.05) is 48.5 Å². The molecule has 0 rings (SSSR count). The summed E-state index contributed by atoms with van der Waals surface area (Å²) < 4.78 is 14.3. The first-order chi connectivity index (χ1) is 9.29. The smallest absolute Gasteiger partial charge is 0.306 e. The molecule has 0 aliphatic carbocycles. The van der Waals surface area contributed by atoms with Crippen molar-refractivity contribution in [3.05, 3.63) is 0 Å². The number of rotatable bonds is 2. The molecule has 0 saturated heterocycles. The monoisotopic (exact) mass is 306 g/mol. The van der Waals surface area contributed by atoms with E-state index in [9.17, 15) is 9.59 Å². The van der Waals surface area contributed by atoms with Crippen LogP contribution in [-0.4, -0.2) is 36.9 Å². The van der Waals surface area contributed by atoms with Crippen LogP contribution in [0.1, 0.15) is 68.7 Å². The Morgan fingerprint density at radius 3 is 1.24 bits per heavy atom. The van der Waals surface area contributed by atoms with Gasteiger partial charge in [-0.2, -0.15) is 0 Å². The lowest BCUT2D eigenvalue weighted by Crippen LogP contribution is -2.23. The lowest BCUT2D eigenvalue weighted by atomic mass is 10.2. The molecular weight excluding hydrogens is 272 g/mol. The van der Waals surface area contributed by atoms with Crippen LogP contribution in [0.5, 0.6) is 0 Å². The summed E-state index contributed by atoms with van der Waals surface area (Å²) in [6.07, 6.45) is 0.456. The highest BCUT2D eigenvalue weighted by molar-refractivity contribution is 5.69. The molecule has 128 valence electrons. The first-order valence-corrected chi connectivity index (χ1v) is 7.19. The van der Waals surface area contributed by atoms with Crippen LogP contribution in [0.15, 0.2) is 0 Å². The van der Waals surface area contributed by atoms with Crippen LogP contribution in [0.3, 0.4) is 0 Å². The molecule has 0 aromatic heterocycles. The Hall–Kier alpha value is -1.10. The minimum atomic E-state index is -0.328. The molecule has 0 saturated carbocycles. The van der Waals surface area contributed by atoms with Gasteiger partial charge < -0.3 is 14.2 Å². The van der Waals surface area contributed by atoms with Gasteiger partial charge in [-0.05, 0) is 48.5 Å². The van der Waals surface area contributed by atoms with Gasteiger partial charge in [-0.1, -0.05) is 6.92 Å². The van der Waals surface area contributed by atoms with E-state index in [1.54, 1.807) is 14.0 Å². The van der Waals surface area contributed by atoms with Crippen molar-refractivity contribution in [2.75, 3.05) is 13.7 Å². The van der Waals surface area contributed by atoms with E-state index in [-0.39, 0.29) is 23.1 Å². The molecule has 0 heterocycles. The molecule has 0 aromatic carbocycles. The fraction of sp³-hybridized carbons (Fsp3) is 0.875. The number of carbonyl (C=O) groups is 2. The largest absolute Gasteiger partial charge is 0.460 e. The maximum Gasteiger partial charge on any atom is 0.306 e. The zero-order valence-electron chi connectivity index (χ0n) is 15.5. The number of esters is 2. The van der Waals surface area contributed by atoms with E-state index >= 15 is 0 Å². The van der Waals surface area contributed by atoms with Crippen molar-refractivity contribution in [1.29, 1.82) is 0 Å². The van der Waals surface area contributed by atoms with Gasteiger partial charge in [0, 0.05) is 27.1 Å². The van der Waals surface area contributed by atoms with Crippen LogP contribution < -0.4 is 0 Å². The molecule has 0 radical (unpaired) electrons. The molecule has 0 amide bonds. The average Bonchev–Trinajstić information content (AvgIpc) is 2.24. The summed E-state index contributed by atoms with van der Waals surface area (Å²) in [5, 5.41) is 0. The Balaban J connectivity index is -0.000000249. The molecule has 5 heteroatoms. The molecule has 0 aromatic rings. The Bertz CT molecular complexity index is 269. The van der Waals surface area contributed by atoms with Gasteiger partial charge >= 0.3 is 11.9 Å². The molecule has 0 fully saturated rings. The number of methoxy groups -OCH3 is 1. The van der Waals surface area contributed by atoms with E-state index in [4.69, 9.17) is 9.47 Å². The molecule has 0 unspecified atom stereocenters. The number of hydrogen-bond donors (Lipinski definition) is 0. The van der Waals surface area contributed by atoms with E-state index in [0.29, 0.717) is 6.42 Å². The molecule has 0 aliphatic heterocycles. The fourth-order valence-corrected chi connectivity index (χ4v) is 0.845. The standard InChI is InChI=1S/C7H14O2.C6H12O2.C3H8O/c1-5-6(8)9-7(2,3)4;1-5(7)8-6(2,3)4;1-3-4-2/h5H2,1-4H3;1-4H3;3H2,1-2H3. The second-order valence-electron chi connectivity index (χ2n) is 6.22. The molecule has 0 N–H and O–H groups in total. The van der Waals surface area contributed by atoms with Crippen LogP contribution in [0.4, 0.5) is 0 Å². The second kappa shape index (κ2) is 12.6. The van der Waals surface area contributed by atoms with Crippen LogP contribution in [0, 0.1) is 0 Å². The molecule has 5 nitrogen and oxygen atoms in total. The fourth-order valence-electron chi connectivity index (χ4n) is 0.845. The minimum absolute atomic E-state index is 0.137. The van der Waals surface area contributed by atoms with Gasteiger partial charge in [-0.3, -0.25) is 9.59 Å². The Morgan fingerprint density at radius 1 is 0.857 bits per heavy atom. The minimum Gasteiger partial charge on any atom is -0.460 e. The average molecular weight is 306 g/mol. The Labute approximate surface area is 130 Å². The van der Waals surface area contributed by atoms with Crippen molar-refractivity contribution in [2.24, 2.45) is 0 Å². The maximum atomic E-state index is 10.6. The summed E-state index contributed by atoms with van der Waals surface area (Å²) in [6.45, 7) is 17.1. The molecular formula is C16H34O5. The summed E-state index contributed by atoms with van der Waals surface area (Å²) >= 11 is 0.